The molecule has 2 aliphatic heterocycles. The van der Waals surface area contributed by atoms with Crippen LogP contribution in [0.25, 0.3) is 0 Å². The highest BCUT2D eigenvalue weighted by Gasteiger charge is 2.29. The van der Waals surface area contributed by atoms with E-state index >= 15 is 0 Å². The van der Waals surface area contributed by atoms with Crippen LogP contribution in [0, 0.1) is 0 Å². The zero-order chi connectivity index (χ0) is 11.7. The van der Waals surface area contributed by atoms with Crippen molar-refractivity contribution < 1.29 is 4.74 Å². The third kappa shape index (κ3) is 2.18. The van der Waals surface area contributed by atoms with Crippen molar-refractivity contribution in [3.05, 3.63) is 12.4 Å². The lowest BCUT2D eigenvalue weighted by molar-refractivity contribution is -0.0661. The molecule has 2 aliphatic rings. The predicted octanol–water partition coefficient (Wildman–Crippen LogP) is -0.420. The van der Waals surface area contributed by atoms with Crippen molar-refractivity contribution in [2.45, 2.75) is 6.04 Å². The predicted molar refractivity (Wildman–Crippen MR) is 64.8 cm³/mol. The Kier molecular flexibility index (Phi) is 2.82. The van der Waals surface area contributed by atoms with E-state index in [1.807, 2.05) is 6.07 Å². The summed E-state index contributed by atoms with van der Waals surface area (Å²) >= 11 is 0. The van der Waals surface area contributed by atoms with E-state index < -0.39 is 0 Å². The molecule has 0 amide bonds. The zero-order valence-corrected chi connectivity index (χ0v) is 9.75. The van der Waals surface area contributed by atoms with Gasteiger partial charge in [0.2, 0.25) is 0 Å². The molecule has 0 aliphatic carbocycles. The van der Waals surface area contributed by atoms with Crippen molar-refractivity contribution in [1.29, 1.82) is 0 Å². The summed E-state index contributed by atoms with van der Waals surface area (Å²) in [5.74, 6) is 1.46. The number of nitrogens with two attached hydrogens (primary N) is 1. The highest BCUT2D eigenvalue weighted by Crippen LogP contribution is 2.17. The van der Waals surface area contributed by atoms with Gasteiger partial charge in [-0.1, -0.05) is 0 Å². The van der Waals surface area contributed by atoms with Crippen LogP contribution >= 0.6 is 0 Å². The van der Waals surface area contributed by atoms with Crippen molar-refractivity contribution in [3.63, 3.8) is 0 Å². The van der Waals surface area contributed by atoms with Crippen molar-refractivity contribution in [3.8, 4) is 0 Å². The molecule has 3 heterocycles. The molecule has 17 heavy (non-hydrogen) atoms. The first kappa shape index (κ1) is 10.7. The Hall–Kier alpha value is -1.40. The van der Waals surface area contributed by atoms with Crippen LogP contribution in [0.4, 0.5) is 11.6 Å². The second kappa shape index (κ2) is 4.46. The average molecular weight is 235 g/mol. The minimum absolute atomic E-state index is 0.532. The van der Waals surface area contributed by atoms with Gasteiger partial charge in [-0.25, -0.2) is 9.97 Å². The molecule has 0 radical (unpaired) electrons. The fourth-order valence-electron chi connectivity index (χ4n) is 2.28. The fourth-order valence-corrected chi connectivity index (χ4v) is 2.28. The van der Waals surface area contributed by atoms with E-state index in [0.29, 0.717) is 11.9 Å². The summed E-state index contributed by atoms with van der Waals surface area (Å²) in [6.45, 7) is 5.90. The van der Waals surface area contributed by atoms with Crippen molar-refractivity contribution in [2.75, 3.05) is 50.0 Å². The van der Waals surface area contributed by atoms with Crippen LogP contribution in [-0.4, -0.2) is 60.3 Å². The average Bonchev–Trinajstić information content (AvgIpc) is 2.28. The molecule has 0 unspecified atom stereocenters. The standard InChI is InChI=1S/C11H17N5O/c12-10-5-11(14-8-13-10)16-3-1-15(2-4-16)9-6-17-7-9/h5,8-9H,1-4,6-7H2,(H2,12,13,14). The van der Waals surface area contributed by atoms with Crippen molar-refractivity contribution in [1.82, 2.24) is 14.9 Å². The number of hydrogen-bond acceptors (Lipinski definition) is 6. The Labute approximate surface area is 100 Å². The maximum absolute atomic E-state index is 5.67. The molecular weight excluding hydrogens is 218 g/mol. The number of nitrogen functional groups attached to an aromatic ring is 1. The van der Waals surface area contributed by atoms with Crippen molar-refractivity contribution >= 4 is 11.6 Å². The molecule has 92 valence electrons. The van der Waals surface area contributed by atoms with E-state index in [0.717, 1.165) is 45.2 Å². The Bertz CT molecular complexity index is 387. The quantitative estimate of drug-likeness (QED) is 0.751. The molecule has 0 spiro atoms. The molecule has 1 aromatic heterocycles. The van der Waals surface area contributed by atoms with E-state index in [1.165, 1.54) is 6.33 Å². The lowest BCUT2D eigenvalue weighted by Crippen LogP contribution is -2.56. The number of hydrogen-bond donors (Lipinski definition) is 1. The van der Waals surface area contributed by atoms with Crippen LogP contribution in [0.2, 0.25) is 0 Å². The molecule has 2 saturated heterocycles. The van der Waals surface area contributed by atoms with Crippen LogP contribution in [0.15, 0.2) is 12.4 Å². The maximum atomic E-state index is 5.67. The second-order valence-corrected chi connectivity index (χ2v) is 4.52. The van der Waals surface area contributed by atoms with Crippen LogP contribution < -0.4 is 10.6 Å². The first-order valence-corrected chi connectivity index (χ1v) is 5.97. The Morgan fingerprint density at radius 3 is 2.53 bits per heavy atom. The van der Waals surface area contributed by atoms with E-state index in [1.54, 1.807) is 0 Å². The van der Waals surface area contributed by atoms with E-state index in [4.69, 9.17) is 10.5 Å². The van der Waals surface area contributed by atoms with Gasteiger partial charge in [-0.3, -0.25) is 4.90 Å². The van der Waals surface area contributed by atoms with Crippen LogP contribution in [-0.2, 0) is 4.74 Å². The zero-order valence-electron chi connectivity index (χ0n) is 9.75. The number of ether oxygens (including phenoxy) is 1. The van der Waals surface area contributed by atoms with Gasteiger partial charge in [-0.15, -0.1) is 0 Å². The maximum Gasteiger partial charge on any atom is 0.134 e. The number of piperazine rings is 1. The Morgan fingerprint density at radius 1 is 1.18 bits per heavy atom. The summed E-state index contributed by atoms with van der Waals surface area (Å²) in [6.07, 6.45) is 1.52. The second-order valence-electron chi connectivity index (χ2n) is 4.52. The molecule has 3 rings (SSSR count). The third-order valence-electron chi connectivity index (χ3n) is 3.45. The van der Waals surface area contributed by atoms with Gasteiger partial charge in [0.25, 0.3) is 0 Å². The Balaban J connectivity index is 1.60. The highest BCUT2D eigenvalue weighted by atomic mass is 16.5. The minimum atomic E-state index is 0.532. The molecule has 0 atom stereocenters. The van der Waals surface area contributed by atoms with Crippen molar-refractivity contribution in [2.24, 2.45) is 0 Å². The smallest absolute Gasteiger partial charge is 0.134 e. The van der Waals surface area contributed by atoms with Gasteiger partial charge in [0, 0.05) is 32.2 Å². The normalized spacial score (nSPS) is 22.5. The summed E-state index contributed by atoms with van der Waals surface area (Å²) < 4.78 is 5.22. The monoisotopic (exact) mass is 235 g/mol. The van der Waals surface area contributed by atoms with Gasteiger partial charge < -0.3 is 15.4 Å². The van der Waals surface area contributed by atoms with E-state index in [9.17, 15) is 0 Å². The molecule has 6 nitrogen and oxygen atoms in total. The highest BCUT2D eigenvalue weighted by molar-refractivity contribution is 5.46. The fraction of sp³-hybridized carbons (Fsp3) is 0.636. The number of rotatable bonds is 2. The first-order chi connectivity index (χ1) is 8.33. The number of nitrogens with zero attached hydrogens (tertiary/aromatic N) is 4. The topological polar surface area (TPSA) is 67.5 Å². The van der Waals surface area contributed by atoms with Gasteiger partial charge in [-0.2, -0.15) is 0 Å². The van der Waals surface area contributed by atoms with Gasteiger partial charge >= 0.3 is 0 Å². The first-order valence-electron chi connectivity index (χ1n) is 5.97. The minimum Gasteiger partial charge on any atom is -0.384 e. The third-order valence-corrected chi connectivity index (χ3v) is 3.45. The molecule has 0 saturated carbocycles. The van der Waals surface area contributed by atoms with Gasteiger partial charge in [0.15, 0.2) is 0 Å². The molecule has 2 N–H and O–H groups in total. The Morgan fingerprint density at radius 2 is 1.94 bits per heavy atom. The van der Waals surface area contributed by atoms with Crippen LogP contribution in [0.3, 0.4) is 0 Å². The summed E-state index contributed by atoms with van der Waals surface area (Å²) in [6, 6.07) is 2.47. The van der Waals surface area contributed by atoms with Crippen LogP contribution in [0.5, 0.6) is 0 Å². The molecule has 0 bridgehead atoms. The number of aromatic nitrogens is 2. The van der Waals surface area contributed by atoms with E-state index in [2.05, 4.69) is 19.8 Å². The largest absolute Gasteiger partial charge is 0.384 e. The lowest BCUT2D eigenvalue weighted by Gasteiger charge is -2.42. The molecule has 2 fully saturated rings. The summed E-state index contributed by atoms with van der Waals surface area (Å²) in [7, 11) is 0. The van der Waals surface area contributed by atoms with Gasteiger partial charge in [-0.05, 0) is 0 Å². The lowest BCUT2D eigenvalue weighted by atomic mass is 10.2. The van der Waals surface area contributed by atoms with Crippen LogP contribution in [0.1, 0.15) is 0 Å². The van der Waals surface area contributed by atoms with E-state index in [-0.39, 0.29) is 0 Å². The number of anilines is 2. The molecule has 6 heteroatoms. The molecule has 0 aromatic carbocycles. The molecular formula is C11H17N5O. The van der Waals surface area contributed by atoms with Gasteiger partial charge in [0.05, 0.1) is 19.3 Å². The summed E-state index contributed by atoms with van der Waals surface area (Å²) in [5, 5.41) is 0. The molecule has 1 aromatic rings. The SMILES string of the molecule is Nc1cc(N2CCN(C3COC3)CC2)ncn1. The summed E-state index contributed by atoms with van der Waals surface area (Å²) in [5.41, 5.74) is 5.67. The van der Waals surface area contributed by atoms with Gasteiger partial charge in [0.1, 0.15) is 18.0 Å². The summed E-state index contributed by atoms with van der Waals surface area (Å²) in [4.78, 5) is 12.9.